The SMILES string of the molecule is CCNCCNCCCCC(NCNC(CCC(=O)O)C(=O)O)C(=O)O. The van der Waals surface area contributed by atoms with Gasteiger partial charge in [-0.25, -0.2) is 0 Å². The van der Waals surface area contributed by atoms with E-state index in [1.165, 1.54) is 0 Å². The molecule has 26 heavy (non-hydrogen) atoms. The molecule has 0 heterocycles. The summed E-state index contributed by atoms with van der Waals surface area (Å²) in [7, 11) is 0. The molecule has 0 spiro atoms. The van der Waals surface area contributed by atoms with Gasteiger partial charge in [0, 0.05) is 26.2 Å². The van der Waals surface area contributed by atoms with E-state index in [2.05, 4.69) is 21.3 Å². The number of hydrogen-bond acceptors (Lipinski definition) is 7. The molecule has 7 N–H and O–H groups in total. The van der Waals surface area contributed by atoms with Crippen molar-refractivity contribution in [2.24, 2.45) is 0 Å². The fourth-order valence-electron chi connectivity index (χ4n) is 2.28. The molecule has 2 unspecified atom stereocenters. The van der Waals surface area contributed by atoms with Crippen molar-refractivity contribution in [2.45, 2.75) is 51.1 Å². The van der Waals surface area contributed by atoms with Crippen molar-refractivity contribution in [3.8, 4) is 0 Å². The Balaban J connectivity index is 3.98. The third-order valence-corrected chi connectivity index (χ3v) is 3.76. The summed E-state index contributed by atoms with van der Waals surface area (Å²) in [4.78, 5) is 32.8. The number of unbranched alkanes of at least 4 members (excludes halogenated alkanes) is 1. The number of carboxylic acid groups (broad SMARTS) is 3. The predicted octanol–water partition coefficient (Wildman–Crippen LogP) is -0.736. The van der Waals surface area contributed by atoms with E-state index < -0.39 is 30.0 Å². The normalized spacial score (nSPS) is 13.3. The van der Waals surface area contributed by atoms with Crippen LogP contribution in [0.25, 0.3) is 0 Å². The van der Waals surface area contributed by atoms with Crippen LogP contribution in [0.5, 0.6) is 0 Å². The minimum absolute atomic E-state index is 0.0194. The highest BCUT2D eigenvalue weighted by Crippen LogP contribution is 2.02. The maximum absolute atomic E-state index is 11.3. The van der Waals surface area contributed by atoms with Crippen LogP contribution in [-0.2, 0) is 14.4 Å². The Morgan fingerprint density at radius 1 is 0.808 bits per heavy atom. The van der Waals surface area contributed by atoms with Crippen LogP contribution in [0.2, 0.25) is 0 Å². The van der Waals surface area contributed by atoms with Crippen molar-refractivity contribution in [3.63, 3.8) is 0 Å². The van der Waals surface area contributed by atoms with Gasteiger partial charge in [-0.05, 0) is 32.4 Å². The highest BCUT2D eigenvalue weighted by atomic mass is 16.4. The molecule has 0 aromatic rings. The molecule has 10 heteroatoms. The van der Waals surface area contributed by atoms with Gasteiger partial charge in [-0.1, -0.05) is 13.3 Å². The molecule has 0 saturated carbocycles. The van der Waals surface area contributed by atoms with Gasteiger partial charge >= 0.3 is 17.9 Å². The number of nitrogens with one attached hydrogen (secondary N) is 4. The number of hydrogen-bond donors (Lipinski definition) is 7. The zero-order valence-corrected chi connectivity index (χ0v) is 15.3. The van der Waals surface area contributed by atoms with Crippen LogP contribution in [0.3, 0.4) is 0 Å². The van der Waals surface area contributed by atoms with Crippen LogP contribution >= 0.6 is 0 Å². The molecule has 10 nitrogen and oxygen atoms in total. The third-order valence-electron chi connectivity index (χ3n) is 3.76. The Morgan fingerprint density at radius 3 is 1.92 bits per heavy atom. The van der Waals surface area contributed by atoms with Crippen molar-refractivity contribution in [1.82, 2.24) is 21.3 Å². The molecule has 0 fully saturated rings. The van der Waals surface area contributed by atoms with Crippen LogP contribution in [0.1, 0.15) is 39.0 Å². The molecule has 0 amide bonds. The monoisotopic (exact) mass is 376 g/mol. The van der Waals surface area contributed by atoms with Gasteiger partial charge in [-0.3, -0.25) is 25.0 Å². The smallest absolute Gasteiger partial charge is 0.320 e. The maximum Gasteiger partial charge on any atom is 0.320 e. The van der Waals surface area contributed by atoms with Gasteiger partial charge in [0.1, 0.15) is 12.1 Å². The van der Waals surface area contributed by atoms with E-state index in [-0.39, 0.29) is 19.5 Å². The van der Waals surface area contributed by atoms with Gasteiger partial charge in [-0.15, -0.1) is 0 Å². The molecule has 0 rings (SSSR count). The Bertz CT molecular complexity index is 422. The maximum atomic E-state index is 11.3. The lowest BCUT2D eigenvalue weighted by molar-refractivity contribution is -0.141. The van der Waals surface area contributed by atoms with Crippen LogP contribution in [0, 0.1) is 0 Å². The van der Waals surface area contributed by atoms with Gasteiger partial charge in [0.2, 0.25) is 0 Å². The van der Waals surface area contributed by atoms with Gasteiger partial charge in [0.15, 0.2) is 0 Å². The van der Waals surface area contributed by atoms with E-state index in [9.17, 15) is 19.5 Å². The molecule has 2 atom stereocenters. The first-order valence-electron chi connectivity index (χ1n) is 8.94. The third kappa shape index (κ3) is 13.5. The highest BCUT2D eigenvalue weighted by molar-refractivity contribution is 5.75. The van der Waals surface area contributed by atoms with Crippen molar-refractivity contribution < 1.29 is 29.7 Å². The van der Waals surface area contributed by atoms with E-state index in [1.54, 1.807) is 0 Å². The zero-order valence-electron chi connectivity index (χ0n) is 15.3. The molecule has 0 aliphatic rings. The first-order valence-corrected chi connectivity index (χ1v) is 8.94. The van der Waals surface area contributed by atoms with Crippen molar-refractivity contribution in [2.75, 3.05) is 32.8 Å². The van der Waals surface area contributed by atoms with E-state index in [1.807, 2.05) is 6.92 Å². The van der Waals surface area contributed by atoms with Gasteiger partial charge in [-0.2, -0.15) is 0 Å². The predicted molar refractivity (Wildman–Crippen MR) is 96.1 cm³/mol. The van der Waals surface area contributed by atoms with Crippen molar-refractivity contribution in [1.29, 1.82) is 0 Å². The molecular formula is C16H32N4O6. The Labute approximate surface area is 153 Å². The van der Waals surface area contributed by atoms with Crippen LogP contribution in [0.4, 0.5) is 0 Å². The molecule has 152 valence electrons. The fourth-order valence-corrected chi connectivity index (χ4v) is 2.28. The molecule has 0 aliphatic heterocycles. The van der Waals surface area contributed by atoms with Gasteiger partial charge < -0.3 is 26.0 Å². The Kier molecular flexibility index (Phi) is 14.5. The Hall–Kier alpha value is -1.75. The van der Waals surface area contributed by atoms with E-state index >= 15 is 0 Å². The number of carboxylic acids is 3. The van der Waals surface area contributed by atoms with Crippen molar-refractivity contribution in [3.05, 3.63) is 0 Å². The molecular weight excluding hydrogens is 344 g/mol. The zero-order chi connectivity index (χ0) is 19.8. The second-order valence-corrected chi connectivity index (χ2v) is 5.90. The summed E-state index contributed by atoms with van der Waals surface area (Å²) in [5.74, 6) is -3.23. The summed E-state index contributed by atoms with van der Waals surface area (Å²) in [6, 6.07) is -1.81. The molecule has 0 aliphatic carbocycles. The number of aliphatic carboxylic acids is 3. The highest BCUT2D eigenvalue weighted by Gasteiger charge is 2.20. The summed E-state index contributed by atoms with van der Waals surface area (Å²) >= 11 is 0. The number of likely N-dealkylation sites (N-methyl/N-ethyl adjacent to an activating group) is 1. The van der Waals surface area contributed by atoms with Gasteiger partial charge in [0.05, 0.1) is 0 Å². The number of carbonyl (C=O) groups is 3. The van der Waals surface area contributed by atoms with E-state index in [4.69, 9.17) is 10.2 Å². The van der Waals surface area contributed by atoms with Crippen LogP contribution in [0.15, 0.2) is 0 Å². The molecule has 0 aromatic heterocycles. The number of rotatable bonds is 18. The molecule has 0 bridgehead atoms. The lowest BCUT2D eigenvalue weighted by Crippen LogP contribution is -2.47. The average Bonchev–Trinajstić information content (AvgIpc) is 2.57. The lowest BCUT2D eigenvalue weighted by atomic mass is 10.1. The first-order chi connectivity index (χ1) is 12.4. The second-order valence-electron chi connectivity index (χ2n) is 5.90. The summed E-state index contributed by atoms with van der Waals surface area (Å²) in [5.41, 5.74) is 0. The Morgan fingerprint density at radius 2 is 1.38 bits per heavy atom. The second kappa shape index (κ2) is 15.5. The molecule has 0 radical (unpaired) electrons. The molecule has 0 aromatic carbocycles. The topological polar surface area (TPSA) is 160 Å². The quantitative estimate of drug-likeness (QED) is 0.120. The van der Waals surface area contributed by atoms with Crippen LogP contribution < -0.4 is 21.3 Å². The van der Waals surface area contributed by atoms with Crippen molar-refractivity contribution >= 4 is 17.9 Å². The van der Waals surface area contributed by atoms with Crippen LogP contribution in [-0.4, -0.2) is 78.2 Å². The standard InChI is InChI=1S/C16H32N4O6/c1-2-17-9-10-18-8-4-3-5-12(15(23)24)19-11-20-13(16(25)26)6-7-14(21)22/h12-13,17-20H,2-11H2,1H3,(H,21,22)(H,23,24)(H,25,26). The van der Waals surface area contributed by atoms with E-state index in [0.29, 0.717) is 6.42 Å². The summed E-state index contributed by atoms with van der Waals surface area (Å²) in [5, 5.41) is 38.7. The minimum Gasteiger partial charge on any atom is -0.481 e. The summed E-state index contributed by atoms with van der Waals surface area (Å²) in [6.45, 7) is 5.53. The first kappa shape index (κ1) is 24.2. The van der Waals surface area contributed by atoms with Gasteiger partial charge in [0.25, 0.3) is 0 Å². The minimum atomic E-state index is -1.16. The average molecular weight is 376 g/mol. The lowest BCUT2D eigenvalue weighted by Gasteiger charge is -2.18. The molecule has 0 saturated heterocycles. The van der Waals surface area contributed by atoms with E-state index in [0.717, 1.165) is 39.0 Å². The summed E-state index contributed by atoms with van der Waals surface area (Å²) in [6.07, 6.45) is 1.66. The fraction of sp³-hybridized carbons (Fsp3) is 0.812. The summed E-state index contributed by atoms with van der Waals surface area (Å²) < 4.78 is 0. The largest absolute Gasteiger partial charge is 0.481 e.